The Morgan fingerprint density at radius 3 is 2.19 bits per heavy atom. The molecule has 0 bridgehead atoms. The number of rotatable bonds is 3. The van der Waals surface area contributed by atoms with Gasteiger partial charge in [-0.05, 0) is 55.7 Å². The van der Waals surface area contributed by atoms with E-state index < -0.39 is 12.0 Å². The number of para-hydroxylation sites is 1. The summed E-state index contributed by atoms with van der Waals surface area (Å²) < 4.78 is 0. The van der Waals surface area contributed by atoms with Crippen molar-refractivity contribution in [2.45, 2.75) is 32.9 Å². The zero-order valence-electron chi connectivity index (χ0n) is 17.8. The highest BCUT2D eigenvalue weighted by molar-refractivity contribution is 6.24. The largest absolute Gasteiger partial charge is 0.273 e. The van der Waals surface area contributed by atoms with E-state index >= 15 is 0 Å². The third-order valence-corrected chi connectivity index (χ3v) is 6.23. The van der Waals surface area contributed by atoms with Gasteiger partial charge in [0.25, 0.3) is 5.91 Å². The smallest absolute Gasteiger partial charge is 0.266 e. The molecule has 3 atom stereocenters. The summed E-state index contributed by atoms with van der Waals surface area (Å²) in [6.07, 6.45) is -0.849. The molecule has 156 valence electrons. The summed E-state index contributed by atoms with van der Waals surface area (Å²) in [6, 6.07) is 23.0. The number of carbonyl (C=O) groups is 2. The molecule has 3 aromatic carbocycles. The summed E-state index contributed by atoms with van der Waals surface area (Å²) in [4.78, 5) is 34.7. The van der Waals surface area contributed by atoms with Crippen molar-refractivity contribution in [2.24, 2.45) is 5.92 Å². The lowest BCUT2D eigenvalue weighted by Gasteiger charge is -2.30. The Hall–Kier alpha value is -3.44. The Bertz CT molecular complexity index is 1170. The molecule has 2 saturated heterocycles. The molecule has 5 rings (SSSR count). The SMILES string of the molecule is Cc1ccc(N2C(=O)[C@@H]3[C@H](ON(c4ccccc4)[C@H]3c3ccccc3C)C2=O)c(C)c1. The first kappa shape index (κ1) is 19.5. The molecule has 3 aromatic rings. The van der Waals surface area contributed by atoms with E-state index in [0.717, 1.165) is 27.9 Å². The number of hydrogen-bond donors (Lipinski definition) is 0. The van der Waals surface area contributed by atoms with Crippen LogP contribution in [-0.4, -0.2) is 17.9 Å². The Morgan fingerprint density at radius 2 is 1.48 bits per heavy atom. The molecule has 5 heteroatoms. The molecule has 0 saturated carbocycles. The first-order valence-corrected chi connectivity index (χ1v) is 10.5. The van der Waals surface area contributed by atoms with E-state index in [1.807, 2.05) is 93.6 Å². The van der Waals surface area contributed by atoms with E-state index in [2.05, 4.69) is 0 Å². The van der Waals surface area contributed by atoms with E-state index in [1.165, 1.54) is 4.90 Å². The Morgan fingerprint density at radius 1 is 0.774 bits per heavy atom. The molecule has 0 aliphatic carbocycles. The van der Waals surface area contributed by atoms with Gasteiger partial charge in [-0.2, -0.15) is 0 Å². The van der Waals surface area contributed by atoms with Gasteiger partial charge in [0, 0.05) is 0 Å². The van der Waals surface area contributed by atoms with Crippen LogP contribution >= 0.6 is 0 Å². The van der Waals surface area contributed by atoms with E-state index in [1.54, 1.807) is 5.06 Å². The van der Waals surface area contributed by atoms with Gasteiger partial charge in [-0.1, -0.05) is 60.2 Å². The van der Waals surface area contributed by atoms with Gasteiger partial charge in [-0.25, -0.2) is 9.96 Å². The predicted molar refractivity (Wildman–Crippen MR) is 120 cm³/mol. The number of aryl methyl sites for hydroxylation is 3. The maximum Gasteiger partial charge on any atom is 0.266 e. The minimum Gasteiger partial charge on any atom is -0.273 e. The van der Waals surface area contributed by atoms with Gasteiger partial charge in [0.05, 0.1) is 17.4 Å². The molecule has 5 nitrogen and oxygen atoms in total. The fourth-order valence-corrected chi connectivity index (χ4v) is 4.74. The summed E-state index contributed by atoms with van der Waals surface area (Å²) in [5, 5.41) is 1.74. The third kappa shape index (κ3) is 3.04. The summed E-state index contributed by atoms with van der Waals surface area (Å²) in [5.74, 6) is -1.14. The van der Waals surface area contributed by atoms with E-state index in [0.29, 0.717) is 5.69 Å². The maximum absolute atomic E-state index is 13.7. The molecule has 2 aliphatic heterocycles. The van der Waals surface area contributed by atoms with Crippen LogP contribution in [0.25, 0.3) is 0 Å². The summed E-state index contributed by atoms with van der Waals surface area (Å²) in [7, 11) is 0. The van der Waals surface area contributed by atoms with Gasteiger partial charge in [-0.3, -0.25) is 14.4 Å². The summed E-state index contributed by atoms with van der Waals surface area (Å²) >= 11 is 0. The number of fused-ring (bicyclic) bond motifs is 1. The summed E-state index contributed by atoms with van der Waals surface area (Å²) in [6.45, 7) is 5.94. The lowest BCUT2D eigenvalue weighted by atomic mass is 9.88. The van der Waals surface area contributed by atoms with Gasteiger partial charge < -0.3 is 0 Å². The standard InChI is InChI=1S/C26H24N2O3/c1-16-13-14-21(18(3)15-16)27-25(29)22-23(20-12-8-7-9-17(20)2)28(31-24(22)26(27)30)19-10-5-4-6-11-19/h4-15,22-24H,1-3H3/t22-,23-,24-/m0/s1. The van der Waals surface area contributed by atoms with Crippen LogP contribution < -0.4 is 9.96 Å². The second-order valence-electron chi connectivity index (χ2n) is 8.32. The first-order valence-electron chi connectivity index (χ1n) is 10.5. The molecule has 2 aliphatic rings. The maximum atomic E-state index is 13.7. The van der Waals surface area contributed by atoms with Crippen LogP contribution in [0.1, 0.15) is 28.3 Å². The van der Waals surface area contributed by atoms with Crippen molar-refractivity contribution < 1.29 is 14.4 Å². The molecule has 2 heterocycles. The molecule has 0 unspecified atom stereocenters. The molecular formula is C26H24N2O3. The molecule has 0 spiro atoms. The zero-order chi connectivity index (χ0) is 21.7. The van der Waals surface area contributed by atoms with Crippen molar-refractivity contribution >= 4 is 23.2 Å². The molecular weight excluding hydrogens is 388 g/mol. The Labute approximate surface area is 181 Å². The van der Waals surface area contributed by atoms with Crippen molar-refractivity contribution in [2.75, 3.05) is 9.96 Å². The first-order chi connectivity index (χ1) is 15.0. The van der Waals surface area contributed by atoms with Crippen molar-refractivity contribution in [1.82, 2.24) is 0 Å². The highest BCUT2D eigenvalue weighted by atomic mass is 16.7. The average molecular weight is 412 g/mol. The molecule has 0 N–H and O–H groups in total. The predicted octanol–water partition coefficient (Wildman–Crippen LogP) is 4.66. The number of hydrogen-bond acceptors (Lipinski definition) is 4. The van der Waals surface area contributed by atoms with Crippen LogP contribution in [-0.2, 0) is 14.4 Å². The van der Waals surface area contributed by atoms with E-state index in [-0.39, 0.29) is 17.9 Å². The van der Waals surface area contributed by atoms with Crippen LogP contribution in [0.3, 0.4) is 0 Å². The van der Waals surface area contributed by atoms with Crippen molar-refractivity contribution in [1.29, 1.82) is 0 Å². The van der Waals surface area contributed by atoms with Gasteiger partial charge in [0.1, 0.15) is 5.92 Å². The number of benzene rings is 3. The Balaban J connectivity index is 1.61. The fourth-order valence-electron chi connectivity index (χ4n) is 4.74. The molecule has 0 aromatic heterocycles. The van der Waals surface area contributed by atoms with Crippen LogP contribution in [0.5, 0.6) is 0 Å². The van der Waals surface area contributed by atoms with E-state index in [9.17, 15) is 9.59 Å². The summed E-state index contributed by atoms with van der Waals surface area (Å²) in [5.41, 5.74) is 5.49. The monoisotopic (exact) mass is 412 g/mol. The quantitative estimate of drug-likeness (QED) is 0.587. The third-order valence-electron chi connectivity index (χ3n) is 6.23. The highest BCUT2D eigenvalue weighted by Crippen LogP contribution is 2.48. The van der Waals surface area contributed by atoms with Crippen LogP contribution in [0, 0.1) is 26.7 Å². The van der Waals surface area contributed by atoms with Crippen molar-refractivity contribution in [3.05, 3.63) is 95.1 Å². The normalized spacial score (nSPS) is 22.9. The number of anilines is 2. The lowest BCUT2D eigenvalue weighted by Crippen LogP contribution is -2.37. The minimum atomic E-state index is -0.849. The number of carbonyl (C=O) groups excluding carboxylic acids is 2. The molecule has 31 heavy (non-hydrogen) atoms. The Kier molecular flexibility index (Phi) is 4.63. The van der Waals surface area contributed by atoms with Gasteiger partial charge in [-0.15, -0.1) is 0 Å². The molecule has 2 amide bonds. The number of imide groups is 1. The minimum absolute atomic E-state index is 0.214. The van der Waals surface area contributed by atoms with Crippen LogP contribution in [0.2, 0.25) is 0 Å². The fraction of sp³-hybridized carbons (Fsp3) is 0.231. The average Bonchev–Trinajstić information content (AvgIpc) is 3.26. The number of amides is 2. The number of hydroxylamine groups is 1. The second kappa shape index (κ2) is 7.36. The van der Waals surface area contributed by atoms with Gasteiger partial charge in [0.2, 0.25) is 5.91 Å². The van der Waals surface area contributed by atoms with Gasteiger partial charge in [0.15, 0.2) is 6.10 Å². The highest BCUT2D eigenvalue weighted by Gasteiger charge is 2.60. The van der Waals surface area contributed by atoms with Crippen molar-refractivity contribution in [3.63, 3.8) is 0 Å². The van der Waals surface area contributed by atoms with E-state index in [4.69, 9.17) is 4.84 Å². The number of nitrogens with zero attached hydrogens (tertiary/aromatic N) is 2. The molecule has 2 fully saturated rings. The molecule has 0 radical (unpaired) electrons. The topological polar surface area (TPSA) is 49.9 Å². The van der Waals surface area contributed by atoms with Gasteiger partial charge >= 0.3 is 0 Å². The second-order valence-corrected chi connectivity index (χ2v) is 8.32. The zero-order valence-corrected chi connectivity index (χ0v) is 17.8. The van der Waals surface area contributed by atoms with Crippen molar-refractivity contribution in [3.8, 4) is 0 Å². The van der Waals surface area contributed by atoms with Crippen LogP contribution in [0.4, 0.5) is 11.4 Å². The lowest BCUT2D eigenvalue weighted by molar-refractivity contribution is -0.126. The van der Waals surface area contributed by atoms with Crippen LogP contribution in [0.15, 0.2) is 72.8 Å².